The van der Waals surface area contributed by atoms with Gasteiger partial charge in [0.25, 0.3) is 5.69 Å². The number of anilines is 1. The third-order valence-corrected chi connectivity index (χ3v) is 3.85. The lowest BCUT2D eigenvalue weighted by atomic mass is 10.2. The van der Waals surface area contributed by atoms with Crippen molar-refractivity contribution in [2.24, 2.45) is 0 Å². The van der Waals surface area contributed by atoms with Gasteiger partial charge in [0.2, 0.25) is 0 Å². The lowest BCUT2D eigenvalue weighted by Crippen LogP contribution is -2.46. The molecular formula is C12H15Cl2N3O2. The first-order valence-corrected chi connectivity index (χ1v) is 6.89. The molecule has 0 aromatic heterocycles. The third-order valence-electron chi connectivity index (χ3n) is 3.34. The Bertz CT molecular complexity index is 488. The second-order valence-corrected chi connectivity index (χ2v) is 5.28. The van der Waals surface area contributed by atoms with Crippen molar-refractivity contribution in [3.05, 3.63) is 32.3 Å². The van der Waals surface area contributed by atoms with Gasteiger partial charge < -0.3 is 9.80 Å². The molecule has 0 N–H and O–H groups in total. The van der Waals surface area contributed by atoms with Crippen molar-refractivity contribution in [2.45, 2.75) is 6.92 Å². The molecule has 5 nitrogen and oxygen atoms in total. The first-order valence-electron chi connectivity index (χ1n) is 6.13. The summed E-state index contributed by atoms with van der Waals surface area (Å²) in [6, 6.07) is 2.91. The Labute approximate surface area is 121 Å². The third kappa shape index (κ3) is 3.11. The zero-order valence-electron chi connectivity index (χ0n) is 10.6. The van der Waals surface area contributed by atoms with Gasteiger partial charge in [0.15, 0.2) is 0 Å². The number of rotatable bonds is 3. The molecule has 1 aromatic rings. The van der Waals surface area contributed by atoms with Crippen LogP contribution >= 0.6 is 23.2 Å². The first kappa shape index (κ1) is 14.4. The molecule has 1 aliphatic heterocycles. The molecule has 0 radical (unpaired) electrons. The molecule has 0 saturated carbocycles. The summed E-state index contributed by atoms with van der Waals surface area (Å²) in [6.07, 6.45) is 0. The molecule has 1 saturated heterocycles. The monoisotopic (exact) mass is 303 g/mol. The van der Waals surface area contributed by atoms with Crippen LogP contribution in [-0.2, 0) is 0 Å². The van der Waals surface area contributed by atoms with Gasteiger partial charge in [-0.2, -0.15) is 0 Å². The molecule has 0 atom stereocenters. The van der Waals surface area contributed by atoms with E-state index in [-0.39, 0.29) is 10.7 Å². The zero-order chi connectivity index (χ0) is 14.0. The van der Waals surface area contributed by atoms with E-state index in [4.69, 9.17) is 23.2 Å². The fourth-order valence-electron chi connectivity index (χ4n) is 2.29. The summed E-state index contributed by atoms with van der Waals surface area (Å²) in [5, 5.41) is 11.8. The molecule has 1 fully saturated rings. The van der Waals surface area contributed by atoms with Crippen molar-refractivity contribution in [3.63, 3.8) is 0 Å². The maximum Gasteiger partial charge on any atom is 0.295 e. The van der Waals surface area contributed by atoms with Crippen molar-refractivity contribution in [2.75, 3.05) is 37.6 Å². The van der Waals surface area contributed by atoms with Crippen LogP contribution in [0.15, 0.2) is 12.1 Å². The predicted molar refractivity (Wildman–Crippen MR) is 77.4 cm³/mol. The summed E-state index contributed by atoms with van der Waals surface area (Å²) in [5.41, 5.74) is 0.453. The Balaban J connectivity index is 2.32. The number of halogens is 2. The van der Waals surface area contributed by atoms with E-state index in [1.54, 1.807) is 6.07 Å². The van der Waals surface area contributed by atoms with Gasteiger partial charge in [-0.05, 0) is 12.6 Å². The molecule has 1 aromatic carbocycles. The molecule has 104 valence electrons. The van der Waals surface area contributed by atoms with E-state index < -0.39 is 4.92 Å². The number of piperazine rings is 1. The second-order valence-electron chi connectivity index (χ2n) is 4.43. The molecule has 0 amide bonds. The summed E-state index contributed by atoms with van der Waals surface area (Å²) in [4.78, 5) is 15.0. The molecule has 0 unspecified atom stereocenters. The van der Waals surface area contributed by atoms with Gasteiger partial charge in [0.1, 0.15) is 5.69 Å². The number of likely N-dealkylation sites (N-methyl/N-ethyl adjacent to an activating group) is 1. The van der Waals surface area contributed by atoms with Gasteiger partial charge >= 0.3 is 0 Å². The van der Waals surface area contributed by atoms with Crippen LogP contribution < -0.4 is 4.90 Å². The molecule has 7 heteroatoms. The lowest BCUT2D eigenvalue weighted by molar-refractivity contribution is -0.384. The van der Waals surface area contributed by atoms with Crippen LogP contribution in [0.5, 0.6) is 0 Å². The summed E-state index contributed by atoms with van der Waals surface area (Å²) in [5.74, 6) is 0. The van der Waals surface area contributed by atoms with Crippen molar-refractivity contribution in [1.82, 2.24) is 4.90 Å². The van der Waals surface area contributed by atoms with Gasteiger partial charge in [0.05, 0.1) is 9.95 Å². The van der Waals surface area contributed by atoms with E-state index in [9.17, 15) is 10.1 Å². The normalized spacial score (nSPS) is 16.7. The van der Waals surface area contributed by atoms with E-state index >= 15 is 0 Å². The average Bonchev–Trinajstić information content (AvgIpc) is 2.38. The van der Waals surface area contributed by atoms with E-state index in [1.807, 2.05) is 4.90 Å². The smallest absolute Gasteiger partial charge is 0.295 e. The van der Waals surface area contributed by atoms with Crippen LogP contribution in [0.25, 0.3) is 0 Å². The van der Waals surface area contributed by atoms with Crippen LogP contribution in [0.2, 0.25) is 10.0 Å². The summed E-state index contributed by atoms with van der Waals surface area (Å²) < 4.78 is 0. The van der Waals surface area contributed by atoms with Crippen molar-refractivity contribution in [1.29, 1.82) is 0 Å². The van der Waals surface area contributed by atoms with E-state index in [1.165, 1.54) is 6.07 Å². The number of nitrogens with zero attached hydrogens (tertiary/aromatic N) is 3. The van der Waals surface area contributed by atoms with Crippen molar-refractivity contribution in [3.8, 4) is 0 Å². The number of nitro benzene ring substituents is 1. The van der Waals surface area contributed by atoms with Gasteiger partial charge in [-0.1, -0.05) is 30.1 Å². The van der Waals surface area contributed by atoms with Crippen LogP contribution in [0, 0.1) is 10.1 Å². The van der Waals surface area contributed by atoms with E-state index in [0.29, 0.717) is 10.7 Å². The second kappa shape index (κ2) is 5.94. The molecule has 2 rings (SSSR count). The number of benzene rings is 1. The quantitative estimate of drug-likeness (QED) is 0.636. The van der Waals surface area contributed by atoms with Gasteiger partial charge in [-0.15, -0.1) is 0 Å². The maximum absolute atomic E-state index is 11.1. The summed E-state index contributed by atoms with van der Waals surface area (Å²) in [6.45, 7) is 6.32. The molecule has 0 spiro atoms. The van der Waals surface area contributed by atoms with Gasteiger partial charge in [-0.25, -0.2) is 0 Å². The molecule has 19 heavy (non-hydrogen) atoms. The predicted octanol–water partition coefficient (Wildman–Crippen LogP) is 3.04. The molecule has 0 bridgehead atoms. The fraction of sp³-hybridized carbons (Fsp3) is 0.500. The largest absolute Gasteiger partial charge is 0.362 e. The van der Waals surface area contributed by atoms with E-state index in [2.05, 4.69) is 11.8 Å². The Morgan fingerprint density at radius 2 is 1.89 bits per heavy atom. The Morgan fingerprint density at radius 3 is 2.42 bits per heavy atom. The van der Waals surface area contributed by atoms with Gasteiger partial charge in [0, 0.05) is 37.3 Å². The summed E-state index contributed by atoms with van der Waals surface area (Å²) in [7, 11) is 0. The SMILES string of the molecule is CCN1CCN(c2c(Cl)cc(Cl)cc2[N+](=O)[O-])CC1. The highest BCUT2D eigenvalue weighted by molar-refractivity contribution is 6.37. The molecule has 1 heterocycles. The van der Waals surface area contributed by atoms with Crippen LogP contribution in [0.4, 0.5) is 11.4 Å². The highest BCUT2D eigenvalue weighted by Gasteiger charge is 2.26. The Hall–Kier alpha value is -1.04. The standard InChI is InChI=1S/C12H15Cl2N3O2/c1-2-15-3-5-16(6-4-15)12-10(14)7-9(13)8-11(12)17(18)19/h7-8H,2-6H2,1H3. The number of hydrogen-bond donors (Lipinski definition) is 0. The minimum Gasteiger partial charge on any atom is -0.362 e. The Morgan fingerprint density at radius 1 is 1.26 bits per heavy atom. The topological polar surface area (TPSA) is 49.6 Å². The van der Waals surface area contributed by atoms with Crippen molar-refractivity contribution < 1.29 is 4.92 Å². The van der Waals surface area contributed by atoms with Crippen molar-refractivity contribution >= 4 is 34.6 Å². The van der Waals surface area contributed by atoms with Crippen LogP contribution in [-0.4, -0.2) is 42.5 Å². The Kier molecular flexibility index (Phi) is 4.50. The highest BCUT2D eigenvalue weighted by Crippen LogP contribution is 2.38. The number of hydrogen-bond acceptors (Lipinski definition) is 4. The van der Waals surface area contributed by atoms with Crippen LogP contribution in [0.1, 0.15) is 6.92 Å². The average molecular weight is 304 g/mol. The highest BCUT2D eigenvalue weighted by atomic mass is 35.5. The molecular weight excluding hydrogens is 289 g/mol. The van der Waals surface area contributed by atoms with Gasteiger partial charge in [-0.3, -0.25) is 10.1 Å². The molecule has 0 aliphatic carbocycles. The van der Waals surface area contributed by atoms with E-state index in [0.717, 1.165) is 32.7 Å². The minimum absolute atomic E-state index is 0.0255. The lowest BCUT2D eigenvalue weighted by Gasteiger charge is -2.35. The maximum atomic E-state index is 11.1. The fourth-order valence-corrected chi connectivity index (χ4v) is 2.89. The summed E-state index contributed by atoms with van der Waals surface area (Å²) >= 11 is 12.0. The molecule has 1 aliphatic rings. The first-order chi connectivity index (χ1) is 9.02. The minimum atomic E-state index is -0.431. The van der Waals surface area contributed by atoms with Crippen LogP contribution in [0.3, 0.4) is 0 Å². The zero-order valence-corrected chi connectivity index (χ0v) is 12.1. The number of nitro groups is 1.